The van der Waals surface area contributed by atoms with Crippen molar-refractivity contribution in [1.29, 1.82) is 5.26 Å². The number of hydrogen-bond acceptors (Lipinski definition) is 4. The molecule has 0 saturated carbocycles. The van der Waals surface area contributed by atoms with E-state index in [-0.39, 0.29) is 0 Å². The Morgan fingerprint density at radius 1 is 1.48 bits per heavy atom. The maximum absolute atomic E-state index is 12.1. The van der Waals surface area contributed by atoms with Crippen LogP contribution in [-0.4, -0.2) is 42.2 Å². The molecule has 0 saturated heterocycles. The fourth-order valence-electron chi connectivity index (χ4n) is 1.71. The summed E-state index contributed by atoms with van der Waals surface area (Å²) in [4.78, 5) is 24.5. The number of carboxylic acid groups (broad SMARTS) is 1. The molecule has 0 bridgehead atoms. The number of aliphatic carboxylic acids is 1. The highest BCUT2D eigenvalue weighted by molar-refractivity contribution is 7.98. The minimum absolute atomic E-state index is 0.343. The Hall–Kier alpha value is -2.20. The fourth-order valence-corrected chi connectivity index (χ4v) is 2.18. The summed E-state index contributed by atoms with van der Waals surface area (Å²) in [6.45, 7) is 0. The number of urea groups is 1. The second-order valence-corrected chi connectivity index (χ2v) is 5.30. The molecule has 1 atom stereocenters. The molecule has 0 aliphatic heterocycles. The molecular weight excluding hydrogens is 290 g/mol. The van der Waals surface area contributed by atoms with Gasteiger partial charge in [-0.25, -0.2) is 9.59 Å². The van der Waals surface area contributed by atoms with Crippen LogP contribution < -0.4 is 10.2 Å². The molecule has 0 aromatic heterocycles. The van der Waals surface area contributed by atoms with Gasteiger partial charge < -0.3 is 10.4 Å². The van der Waals surface area contributed by atoms with Crippen LogP contribution in [0.3, 0.4) is 0 Å². The van der Waals surface area contributed by atoms with E-state index in [1.54, 1.807) is 24.3 Å². The van der Waals surface area contributed by atoms with Gasteiger partial charge in [0.25, 0.3) is 0 Å². The van der Waals surface area contributed by atoms with E-state index in [1.807, 2.05) is 12.3 Å². The zero-order valence-electron chi connectivity index (χ0n) is 11.9. The van der Waals surface area contributed by atoms with Crippen molar-refractivity contribution in [3.8, 4) is 6.07 Å². The van der Waals surface area contributed by atoms with Crippen molar-refractivity contribution in [2.75, 3.05) is 24.0 Å². The van der Waals surface area contributed by atoms with Crippen LogP contribution in [-0.2, 0) is 4.79 Å². The molecule has 0 spiro atoms. The summed E-state index contributed by atoms with van der Waals surface area (Å²) in [7, 11) is 1.50. The standard InChI is InChI=1S/C14H17N3O3S/c1-17(12-6-4-3-5-10(12)9-15)14(20)16-11(13(18)19)7-8-21-2/h3-6,11H,7-8H2,1-2H3,(H,16,20)(H,18,19). The van der Waals surface area contributed by atoms with Crippen LogP contribution in [0, 0.1) is 11.3 Å². The molecule has 6 nitrogen and oxygen atoms in total. The summed E-state index contributed by atoms with van der Waals surface area (Å²) in [5.41, 5.74) is 0.789. The Kier molecular flexibility index (Phi) is 6.56. The smallest absolute Gasteiger partial charge is 0.326 e. The minimum atomic E-state index is -1.07. The lowest BCUT2D eigenvalue weighted by Gasteiger charge is -2.22. The number of anilines is 1. The number of hydrogen-bond donors (Lipinski definition) is 2. The fraction of sp³-hybridized carbons (Fsp3) is 0.357. The van der Waals surface area contributed by atoms with Gasteiger partial charge in [0.2, 0.25) is 0 Å². The third kappa shape index (κ3) is 4.68. The number of rotatable bonds is 6. The van der Waals surface area contributed by atoms with E-state index < -0.39 is 18.0 Å². The second-order valence-electron chi connectivity index (χ2n) is 4.31. The molecule has 112 valence electrons. The van der Waals surface area contributed by atoms with Gasteiger partial charge in [0, 0.05) is 7.05 Å². The molecule has 0 fully saturated rings. The third-order valence-electron chi connectivity index (χ3n) is 2.90. The van der Waals surface area contributed by atoms with Gasteiger partial charge in [0.05, 0.1) is 11.3 Å². The van der Waals surface area contributed by atoms with Crippen LogP contribution >= 0.6 is 11.8 Å². The highest BCUT2D eigenvalue weighted by Gasteiger charge is 2.22. The van der Waals surface area contributed by atoms with Crippen molar-refractivity contribution in [3.63, 3.8) is 0 Å². The molecule has 2 amide bonds. The zero-order valence-corrected chi connectivity index (χ0v) is 12.7. The highest BCUT2D eigenvalue weighted by Crippen LogP contribution is 2.18. The van der Waals surface area contributed by atoms with Gasteiger partial charge >= 0.3 is 12.0 Å². The van der Waals surface area contributed by atoms with Crippen molar-refractivity contribution in [1.82, 2.24) is 5.32 Å². The van der Waals surface area contributed by atoms with Gasteiger partial charge in [-0.15, -0.1) is 0 Å². The van der Waals surface area contributed by atoms with Crippen LogP contribution in [0.1, 0.15) is 12.0 Å². The van der Waals surface area contributed by atoms with Crippen LogP contribution in [0.2, 0.25) is 0 Å². The third-order valence-corrected chi connectivity index (χ3v) is 3.54. The second kappa shape index (κ2) is 8.17. The summed E-state index contributed by atoms with van der Waals surface area (Å²) in [5.74, 6) is -0.435. The van der Waals surface area contributed by atoms with Gasteiger partial charge in [-0.2, -0.15) is 17.0 Å². The number of para-hydroxylation sites is 1. The molecule has 0 aliphatic rings. The lowest BCUT2D eigenvalue weighted by Crippen LogP contribution is -2.47. The van der Waals surface area contributed by atoms with Crippen molar-refractivity contribution in [2.24, 2.45) is 0 Å². The van der Waals surface area contributed by atoms with E-state index in [9.17, 15) is 9.59 Å². The van der Waals surface area contributed by atoms with Crippen molar-refractivity contribution in [3.05, 3.63) is 29.8 Å². The Morgan fingerprint density at radius 2 is 2.14 bits per heavy atom. The summed E-state index contributed by atoms with van der Waals surface area (Å²) in [5, 5.41) is 20.6. The number of amides is 2. The van der Waals surface area contributed by atoms with Gasteiger partial charge in [-0.3, -0.25) is 4.90 Å². The number of carbonyl (C=O) groups excluding carboxylic acids is 1. The van der Waals surface area contributed by atoms with Crippen LogP contribution in [0.4, 0.5) is 10.5 Å². The topological polar surface area (TPSA) is 93.4 Å². The first kappa shape index (κ1) is 16.9. The molecule has 1 rings (SSSR count). The lowest BCUT2D eigenvalue weighted by molar-refractivity contribution is -0.139. The zero-order chi connectivity index (χ0) is 15.8. The molecule has 7 heteroatoms. The van der Waals surface area contributed by atoms with Crippen LogP contribution in [0.15, 0.2) is 24.3 Å². The maximum Gasteiger partial charge on any atom is 0.326 e. The predicted octanol–water partition coefficient (Wildman–Crippen LogP) is 1.91. The minimum Gasteiger partial charge on any atom is -0.480 e. The molecule has 0 heterocycles. The molecule has 0 aliphatic carbocycles. The van der Waals surface area contributed by atoms with E-state index in [0.717, 1.165) is 0 Å². The number of carbonyl (C=O) groups is 2. The van der Waals surface area contributed by atoms with Crippen molar-refractivity contribution < 1.29 is 14.7 Å². The SMILES string of the molecule is CSCCC(NC(=O)N(C)c1ccccc1C#N)C(=O)O. The molecule has 0 radical (unpaired) electrons. The maximum atomic E-state index is 12.1. The average molecular weight is 307 g/mol. The summed E-state index contributed by atoms with van der Waals surface area (Å²) >= 11 is 1.51. The van der Waals surface area contributed by atoms with Crippen LogP contribution in [0.5, 0.6) is 0 Å². The number of nitriles is 1. The molecular formula is C14H17N3O3S. The van der Waals surface area contributed by atoms with E-state index in [4.69, 9.17) is 10.4 Å². The van der Waals surface area contributed by atoms with E-state index in [2.05, 4.69) is 5.32 Å². The molecule has 1 aromatic rings. The van der Waals surface area contributed by atoms with Crippen molar-refractivity contribution >= 4 is 29.4 Å². The summed E-state index contributed by atoms with van der Waals surface area (Å²) < 4.78 is 0. The van der Waals surface area contributed by atoms with Gasteiger partial charge in [0.15, 0.2) is 0 Å². The van der Waals surface area contributed by atoms with E-state index >= 15 is 0 Å². The summed E-state index contributed by atoms with van der Waals surface area (Å²) in [6, 6.07) is 7.15. The Bertz CT molecular complexity index is 557. The van der Waals surface area contributed by atoms with Gasteiger partial charge in [-0.05, 0) is 30.6 Å². The van der Waals surface area contributed by atoms with Crippen LogP contribution in [0.25, 0.3) is 0 Å². The number of nitrogens with one attached hydrogen (secondary N) is 1. The Labute approximate surface area is 127 Å². The molecule has 2 N–H and O–H groups in total. The largest absolute Gasteiger partial charge is 0.480 e. The predicted molar refractivity (Wildman–Crippen MR) is 82.5 cm³/mol. The average Bonchev–Trinajstić information content (AvgIpc) is 2.49. The Morgan fingerprint density at radius 3 is 2.71 bits per heavy atom. The van der Waals surface area contributed by atoms with Crippen molar-refractivity contribution in [2.45, 2.75) is 12.5 Å². The molecule has 21 heavy (non-hydrogen) atoms. The van der Waals surface area contributed by atoms with E-state index in [0.29, 0.717) is 23.4 Å². The quantitative estimate of drug-likeness (QED) is 0.837. The van der Waals surface area contributed by atoms with E-state index in [1.165, 1.54) is 23.7 Å². The first-order chi connectivity index (χ1) is 10.0. The number of thioether (sulfide) groups is 1. The number of carboxylic acids is 1. The normalized spacial score (nSPS) is 11.3. The number of nitrogens with zero attached hydrogens (tertiary/aromatic N) is 2. The summed E-state index contributed by atoms with van der Waals surface area (Å²) in [6.07, 6.45) is 2.21. The van der Waals surface area contributed by atoms with Gasteiger partial charge in [0.1, 0.15) is 12.1 Å². The number of benzene rings is 1. The highest BCUT2D eigenvalue weighted by atomic mass is 32.2. The van der Waals surface area contributed by atoms with Gasteiger partial charge in [-0.1, -0.05) is 12.1 Å². The lowest BCUT2D eigenvalue weighted by atomic mass is 10.2. The Balaban J connectivity index is 2.82. The first-order valence-electron chi connectivity index (χ1n) is 6.26. The molecule has 1 unspecified atom stereocenters. The monoisotopic (exact) mass is 307 g/mol. The molecule has 1 aromatic carbocycles. The first-order valence-corrected chi connectivity index (χ1v) is 7.65.